The van der Waals surface area contributed by atoms with Gasteiger partial charge in [-0.05, 0) is 51.4 Å². The molecule has 0 aliphatic carbocycles. The van der Waals surface area contributed by atoms with Crippen LogP contribution in [0.3, 0.4) is 0 Å². The molecule has 0 rings (SSSR count). The van der Waals surface area contributed by atoms with E-state index in [1.807, 2.05) is 12.2 Å². The molecule has 4 N–H and O–H groups in total. The summed E-state index contributed by atoms with van der Waals surface area (Å²) in [6.45, 7) is 4.07. The van der Waals surface area contributed by atoms with Gasteiger partial charge >= 0.3 is 0 Å². The second-order valence-electron chi connectivity index (χ2n) is 11.0. The van der Waals surface area contributed by atoms with Crippen LogP contribution in [-0.2, 0) is 4.79 Å². The lowest BCUT2D eigenvalue weighted by Crippen LogP contribution is -2.48. The standard InChI is InChI=1S/C34H63NO4/c1-3-5-7-9-11-13-14-15-16-17-18-19-20-21-23-24-26-28-32(37)31(30-36)35-34(39)33(38)29-27-25-22-12-10-8-6-4-2/h20-22,25-26,28,31-33,36-38H,3-19,23-24,27,29-30H2,1-2H3,(H,35,39)/b21-20+,25-22-,28-26+. The zero-order valence-electron chi connectivity index (χ0n) is 25.5. The summed E-state index contributed by atoms with van der Waals surface area (Å²) in [4.78, 5) is 12.2. The van der Waals surface area contributed by atoms with Crippen LogP contribution in [0.4, 0.5) is 0 Å². The van der Waals surface area contributed by atoms with Crippen LogP contribution in [0.5, 0.6) is 0 Å². The van der Waals surface area contributed by atoms with Gasteiger partial charge in [-0.15, -0.1) is 0 Å². The average molecular weight is 550 g/mol. The number of aliphatic hydroxyl groups is 3. The maximum absolute atomic E-state index is 12.2. The number of hydrogen-bond acceptors (Lipinski definition) is 4. The van der Waals surface area contributed by atoms with Gasteiger partial charge in [-0.2, -0.15) is 0 Å². The predicted molar refractivity (Wildman–Crippen MR) is 167 cm³/mol. The summed E-state index contributed by atoms with van der Waals surface area (Å²) < 4.78 is 0. The first-order valence-corrected chi connectivity index (χ1v) is 16.3. The quantitative estimate of drug-likeness (QED) is 0.0586. The largest absolute Gasteiger partial charge is 0.394 e. The van der Waals surface area contributed by atoms with Gasteiger partial charge in [0, 0.05) is 0 Å². The Bertz CT molecular complexity index is 616. The number of carbonyl (C=O) groups excluding carboxylic acids is 1. The molecule has 1 amide bonds. The van der Waals surface area contributed by atoms with E-state index in [1.165, 1.54) is 96.3 Å². The van der Waals surface area contributed by atoms with Gasteiger partial charge in [0.2, 0.25) is 5.91 Å². The Morgan fingerprint density at radius 1 is 0.615 bits per heavy atom. The highest BCUT2D eigenvalue weighted by Gasteiger charge is 2.22. The van der Waals surface area contributed by atoms with E-state index in [9.17, 15) is 20.1 Å². The van der Waals surface area contributed by atoms with Crippen LogP contribution in [0.15, 0.2) is 36.5 Å². The molecule has 5 heteroatoms. The molecule has 0 aromatic heterocycles. The van der Waals surface area contributed by atoms with Gasteiger partial charge in [-0.25, -0.2) is 0 Å². The highest BCUT2D eigenvalue weighted by molar-refractivity contribution is 5.80. The van der Waals surface area contributed by atoms with Crippen LogP contribution < -0.4 is 5.32 Å². The van der Waals surface area contributed by atoms with Crippen LogP contribution in [0.2, 0.25) is 0 Å². The summed E-state index contributed by atoms with van der Waals surface area (Å²) in [5.74, 6) is -0.553. The third-order valence-electron chi connectivity index (χ3n) is 7.21. The van der Waals surface area contributed by atoms with Crippen LogP contribution in [-0.4, -0.2) is 46.1 Å². The van der Waals surface area contributed by atoms with Crippen LogP contribution in [0.1, 0.15) is 149 Å². The Kier molecular flexibility index (Phi) is 28.5. The van der Waals surface area contributed by atoms with Crippen molar-refractivity contribution in [1.29, 1.82) is 0 Å². The molecule has 0 bridgehead atoms. The number of unbranched alkanes of at least 4 members (excludes halogenated alkanes) is 16. The molecule has 0 radical (unpaired) electrons. The third kappa shape index (κ3) is 25.3. The molecule has 3 unspecified atom stereocenters. The molecule has 5 nitrogen and oxygen atoms in total. The van der Waals surface area contributed by atoms with Crippen molar-refractivity contribution in [3.05, 3.63) is 36.5 Å². The zero-order chi connectivity index (χ0) is 28.8. The van der Waals surface area contributed by atoms with Crippen molar-refractivity contribution < 1.29 is 20.1 Å². The molecule has 0 fully saturated rings. The summed E-state index contributed by atoms with van der Waals surface area (Å²) in [5, 5.41) is 32.6. The van der Waals surface area contributed by atoms with Crippen molar-refractivity contribution in [3.63, 3.8) is 0 Å². The van der Waals surface area contributed by atoms with E-state index in [0.717, 1.165) is 25.7 Å². The molecule has 0 aromatic rings. The molecule has 0 saturated heterocycles. The van der Waals surface area contributed by atoms with E-state index in [1.54, 1.807) is 6.08 Å². The molecule has 0 aliphatic heterocycles. The number of nitrogens with one attached hydrogen (secondary N) is 1. The van der Waals surface area contributed by atoms with E-state index >= 15 is 0 Å². The van der Waals surface area contributed by atoms with Crippen molar-refractivity contribution in [2.75, 3.05) is 6.61 Å². The Morgan fingerprint density at radius 3 is 1.59 bits per heavy atom. The van der Waals surface area contributed by atoms with Gasteiger partial charge in [0.15, 0.2) is 0 Å². The first kappa shape index (κ1) is 37.6. The molecule has 0 spiro atoms. The molecule has 3 atom stereocenters. The Hall–Kier alpha value is -1.43. The van der Waals surface area contributed by atoms with Crippen LogP contribution in [0.25, 0.3) is 0 Å². The Balaban J connectivity index is 3.86. The van der Waals surface area contributed by atoms with Gasteiger partial charge < -0.3 is 20.6 Å². The first-order chi connectivity index (χ1) is 19.1. The Morgan fingerprint density at radius 2 is 1.05 bits per heavy atom. The minimum absolute atomic E-state index is 0.326. The first-order valence-electron chi connectivity index (χ1n) is 16.3. The van der Waals surface area contributed by atoms with Gasteiger partial charge in [0.1, 0.15) is 6.10 Å². The monoisotopic (exact) mass is 549 g/mol. The van der Waals surface area contributed by atoms with Gasteiger partial charge in [-0.1, -0.05) is 134 Å². The number of rotatable bonds is 28. The second-order valence-corrected chi connectivity index (χ2v) is 11.0. The molecule has 0 aliphatic rings. The smallest absolute Gasteiger partial charge is 0.249 e. The van der Waals surface area contributed by atoms with Gasteiger partial charge in [-0.3, -0.25) is 4.79 Å². The molecular formula is C34H63NO4. The van der Waals surface area contributed by atoms with Gasteiger partial charge in [0.25, 0.3) is 0 Å². The average Bonchev–Trinajstić information content (AvgIpc) is 2.94. The van der Waals surface area contributed by atoms with E-state index in [2.05, 4.69) is 37.4 Å². The summed E-state index contributed by atoms with van der Waals surface area (Å²) in [7, 11) is 0. The molecule has 0 saturated carbocycles. The molecule has 0 heterocycles. The van der Waals surface area contributed by atoms with Crippen molar-refractivity contribution in [2.24, 2.45) is 0 Å². The fourth-order valence-electron chi connectivity index (χ4n) is 4.55. The molecular weight excluding hydrogens is 486 g/mol. The summed E-state index contributed by atoms with van der Waals surface area (Å²) in [6.07, 6.45) is 34.6. The summed E-state index contributed by atoms with van der Waals surface area (Å²) in [6, 6.07) is -0.825. The fourth-order valence-corrected chi connectivity index (χ4v) is 4.55. The van der Waals surface area contributed by atoms with Crippen LogP contribution in [0, 0.1) is 0 Å². The van der Waals surface area contributed by atoms with Crippen molar-refractivity contribution in [2.45, 2.75) is 167 Å². The van der Waals surface area contributed by atoms with E-state index in [4.69, 9.17) is 0 Å². The lowest BCUT2D eigenvalue weighted by atomic mass is 10.1. The SMILES string of the molecule is CCCCCC/C=C\CCC(O)C(=O)NC(CO)C(O)/C=C/CC/C=C/CCCCCCCCCCCCC. The van der Waals surface area contributed by atoms with Gasteiger partial charge in [0.05, 0.1) is 18.8 Å². The lowest BCUT2D eigenvalue weighted by molar-refractivity contribution is -0.131. The Labute approximate surface area is 241 Å². The van der Waals surface area contributed by atoms with Crippen molar-refractivity contribution in [3.8, 4) is 0 Å². The minimum Gasteiger partial charge on any atom is -0.394 e. The fraction of sp³-hybridized carbons (Fsp3) is 0.794. The molecule has 39 heavy (non-hydrogen) atoms. The van der Waals surface area contributed by atoms with Crippen molar-refractivity contribution in [1.82, 2.24) is 5.32 Å². The highest BCUT2D eigenvalue weighted by atomic mass is 16.3. The summed E-state index contributed by atoms with van der Waals surface area (Å²) in [5.41, 5.74) is 0. The topological polar surface area (TPSA) is 89.8 Å². The van der Waals surface area contributed by atoms with E-state index in [-0.39, 0.29) is 6.61 Å². The minimum atomic E-state index is -1.15. The number of allylic oxidation sites excluding steroid dienone is 5. The van der Waals surface area contributed by atoms with E-state index in [0.29, 0.717) is 12.8 Å². The van der Waals surface area contributed by atoms with Crippen LogP contribution >= 0.6 is 0 Å². The molecule has 0 aromatic carbocycles. The third-order valence-corrected chi connectivity index (χ3v) is 7.21. The van der Waals surface area contributed by atoms with E-state index < -0.39 is 24.2 Å². The number of amides is 1. The normalized spacial score (nSPS) is 14.5. The number of aliphatic hydroxyl groups excluding tert-OH is 3. The zero-order valence-corrected chi connectivity index (χ0v) is 25.5. The summed E-state index contributed by atoms with van der Waals surface area (Å²) >= 11 is 0. The lowest BCUT2D eigenvalue weighted by Gasteiger charge is -2.21. The highest BCUT2D eigenvalue weighted by Crippen LogP contribution is 2.12. The van der Waals surface area contributed by atoms with Crippen molar-refractivity contribution >= 4 is 5.91 Å². The predicted octanol–water partition coefficient (Wildman–Crippen LogP) is 8.09. The molecule has 228 valence electrons. The number of carbonyl (C=O) groups is 1. The second kappa shape index (κ2) is 29.6. The number of hydrogen-bond donors (Lipinski definition) is 4. The maximum Gasteiger partial charge on any atom is 0.249 e. The maximum atomic E-state index is 12.2.